The third kappa shape index (κ3) is 5.88. The molecule has 3 aliphatic rings. The van der Waals surface area contributed by atoms with E-state index in [-0.39, 0.29) is 36.0 Å². The van der Waals surface area contributed by atoms with Crippen molar-refractivity contribution in [2.45, 2.75) is 82.8 Å². The average molecular weight is 543 g/mol. The Morgan fingerprint density at radius 3 is 2.73 bits per heavy atom. The number of carbonyl (C=O) groups is 5. The first-order valence-corrected chi connectivity index (χ1v) is 14.0. The first-order valence-electron chi connectivity index (χ1n) is 14.0. The number of rotatable bonds is 8. The van der Waals surface area contributed by atoms with Crippen LogP contribution in [0.4, 0.5) is 0 Å². The molecular formula is C31H34N4O5. The lowest BCUT2D eigenvalue weighted by Crippen LogP contribution is -2.52. The Morgan fingerprint density at radius 2 is 1.93 bits per heavy atom. The molecule has 2 unspecified atom stereocenters. The van der Waals surface area contributed by atoms with Crippen molar-refractivity contribution in [3.8, 4) is 0 Å². The highest BCUT2D eigenvalue weighted by Crippen LogP contribution is 2.31. The number of imide groups is 1. The topological polar surface area (TPSA) is 125 Å². The van der Waals surface area contributed by atoms with Gasteiger partial charge in [0.05, 0.1) is 0 Å². The number of nitrogens with zero attached hydrogens (tertiary/aromatic N) is 2. The monoisotopic (exact) mass is 542 g/mol. The van der Waals surface area contributed by atoms with Gasteiger partial charge < -0.3 is 10.2 Å². The van der Waals surface area contributed by atoms with E-state index >= 15 is 0 Å². The number of nitrogens with one attached hydrogen (secondary N) is 2. The lowest BCUT2D eigenvalue weighted by atomic mass is 9.83. The zero-order valence-corrected chi connectivity index (χ0v) is 22.7. The van der Waals surface area contributed by atoms with Gasteiger partial charge in [-0.2, -0.15) is 0 Å². The van der Waals surface area contributed by atoms with Crippen LogP contribution in [0.2, 0.25) is 0 Å². The number of amides is 5. The van der Waals surface area contributed by atoms with Crippen LogP contribution >= 0.6 is 0 Å². The van der Waals surface area contributed by atoms with Crippen LogP contribution in [0.1, 0.15) is 84.0 Å². The molecule has 0 aromatic heterocycles. The minimum Gasteiger partial charge on any atom is -0.344 e. The molecule has 40 heavy (non-hydrogen) atoms. The molecule has 9 heteroatoms. The Morgan fingerprint density at radius 1 is 1.10 bits per heavy atom. The maximum atomic E-state index is 13.1. The average Bonchev–Trinajstić information content (AvgIpc) is 3.27. The highest BCUT2D eigenvalue weighted by atomic mass is 16.2. The summed E-state index contributed by atoms with van der Waals surface area (Å²) in [5, 5.41) is 5.08. The second-order valence-electron chi connectivity index (χ2n) is 10.8. The molecule has 2 aromatic rings. The second kappa shape index (κ2) is 11.9. The molecule has 2 heterocycles. The molecule has 1 aliphatic carbocycles. The first-order chi connectivity index (χ1) is 19.3. The minimum absolute atomic E-state index is 0.0867. The summed E-state index contributed by atoms with van der Waals surface area (Å²) in [5.74, 6) is -1.53. The number of carbonyl (C=O) groups excluding carboxylic acids is 5. The van der Waals surface area contributed by atoms with Crippen LogP contribution in [0, 0.1) is 0 Å². The molecule has 0 radical (unpaired) electrons. The fraction of sp³-hybridized carbons (Fsp3) is 0.419. The van der Waals surface area contributed by atoms with E-state index in [4.69, 9.17) is 0 Å². The van der Waals surface area contributed by atoms with Crippen LogP contribution in [-0.2, 0) is 38.6 Å². The molecule has 0 bridgehead atoms. The van der Waals surface area contributed by atoms with Crippen LogP contribution in [0.25, 0.3) is 0 Å². The molecule has 9 nitrogen and oxygen atoms in total. The summed E-state index contributed by atoms with van der Waals surface area (Å²) in [5.41, 5.74) is 4.90. The van der Waals surface area contributed by atoms with Gasteiger partial charge in [0, 0.05) is 37.6 Å². The van der Waals surface area contributed by atoms with Crippen molar-refractivity contribution in [1.29, 1.82) is 0 Å². The SMILES string of the molecule is CC(=O)N[C@@H](CCCc1cccc2c1CN(C1CCC(=O)NC1=O)C2=O)C(=O)N=CC1CCCc2ccccc21. The van der Waals surface area contributed by atoms with E-state index in [1.54, 1.807) is 12.3 Å². The first kappa shape index (κ1) is 27.4. The van der Waals surface area contributed by atoms with E-state index in [2.05, 4.69) is 27.8 Å². The van der Waals surface area contributed by atoms with Gasteiger partial charge in [0.25, 0.3) is 11.8 Å². The highest BCUT2D eigenvalue weighted by molar-refractivity contribution is 6.05. The third-order valence-electron chi connectivity index (χ3n) is 8.09. The number of fused-ring (bicyclic) bond motifs is 2. The van der Waals surface area contributed by atoms with Gasteiger partial charge in [0.15, 0.2) is 0 Å². The molecule has 2 aliphatic heterocycles. The molecule has 1 saturated heterocycles. The molecule has 0 spiro atoms. The van der Waals surface area contributed by atoms with Crippen LogP contribution in [0.3, 0.4) is 0 Å². The summed E-state index contributed by atoms with van der Waals surface area (Å²) in [6.45, 7) is 1.69. The molecule has 1 fully saturated rings. The number of aliphatic imine (C=N–C) groups is 1. The summed E-state index contributed by atoms with van der Waals surface area (Å²) in [6, 6.07) is 12.4. The van der Waals surface area contributed by atoms with E-state index in [0.717, 1.165) is 30.4 Å². The second-order valence-corrected chi connectivity index (χ2v) is 10.8. The standard InChI is InChI=1S/C31H34N4O5/c1-19(36)33-26(29(38)32-17-22-11-4-8-20-7-2-3-12-23(20)22)14-6-10-21-9-5-13-24-25(21)18-35(31(24)40)27-15-16-28(37)34-30(27)39/h2-3,5,7,9,12-13,17,22,26-27H,4,6,8,10-11,14-16,18H2,1H3,(H,33,36)(H,34,37,39)/t22?,26-,27?/m0/s1. The number of hydrogen-bond donors (Lipinski definition) is 2. The molecular weight excluding hydrogens is 508 g/mol. The van der Waals surface area contributed by atoms with Crippen LogP contribution < -0.4 is 10.6 Å². The van der Waals surface area contributed by atoms with Crippen LogP contribution in [-0.4, -0.2) is 52.7 Å². The van der Waals surface area contributed by atoms with Crippen molar-refractivity contribution in [3.05, 3.63) is 70.3 Å². The van der Waals surface area contributed by atoms with E-state index < -0.39 is 18.0 Å². The van der Waals surface area contributed by atoms with Crippen molar-refractivity contribution >= 4 is 35.8 Å². The van der Waals surface area contributed by atoms with E-state index in [1.165, 1.54) is 23.0 Å². The van der Waals surface area contributed by atoms with Gasteiger partial charge in [-0.05, 0) is 73.3 Å². The number of benzene rings is 2. The van der Waals surface area contributed by atoms with Crippen molar-refractivity contribution in [2.24, 2.45) is 4.99 Å². The Bertz CT molecular complexity index is 1380. The number of aryl methyl sites for hydroxylation is 2. The van der Waals surface area contributed by atoms with Gasteiger partial charge in [-0.1, -0.05) is 36.4 Å². The van der Waals surface area contributed by atoms with Crippen molar-refractivity contribution in [1.82, 2.24) is 15.5 Å². The fourth-order valence-electron chi connectivity index (χ4n) is 6.08. The Hall–Kier alpha value is -4.14. The zero-order chi connectivity index (χ0) is 28.2. The molecule has 5 rings (SSSR count). The fourth-order valence-corrected chi connectivity index (χ4v) is 6.08. The maximum absolute atomic E-state index is 13.1. The Balaban J connectivity index is 1.23. The lowest BCUT2D eigenvalue weighted by Gasteiger charge is -2.29. The smallest absolute Gasteiger partial charge is 0.267 e. The van der Waals surface area contributed by atoms with Crippen molar-refractivity contribution in [3.63, 3.8) is 0 Å². The normalized spacial score (nSPS) is 21.1. The number of hydrogen-bond acceptors (Lipinski definition) is 5. The highest BCUT2D eigenvalue weighted by Gasteiger charge is 2.39. The third-order valence-corrected chi connectivity index (χ3v) is 8.09. The molecule has 208 valence electrons. The Labute approximate surface area is 233 Å². The molecule has 2 N–H and O–H groups in total. The Kier molecular flexibility index (Phi) is 8.19. The summed E-state index contributed by atoms with van der Waals surface area (Å²) in [7, 11) is 0. The summed E-state index contributed by atoms with van der Waals surface area (Å²) < 4.78 is 0. The minimum atomic E-state index is -0.731. The predicted molar refractivity (Wildman–Crippen MR) is 149 cm³/mol. The number of piperidine rings is 1. The van der Waals surface area contributed by atoms with Gasteiger partial charge in [0.1, 0.15) is 12.1 Å². The molecule has 5 amide bonds. The van der Waals surface area contributed by atoms with E-state index in [1.807, 2.05) is 24.3 Å². The van der Waals surface area contributed by atoms with Gasteiger partial charge in [-0.25, -0.2) is 4.99 Å². The summed E-state index contributed by atoms with van der Waals surface area (Å²) in [4.78, 5) is 67.8. The van der Waals surface area contributed by atoms with Crippen molar-refractivity contribution in [2.75, 3.05) is 0 Å². The molecule has 2 aromatic carbocycles. The molecule has 3 atom stereocenters. The quantitative estimate of drug-likeness (QED) is 0.392. The van der Waals surface area contributed by atoms with E-state index in [9.17, 15) is 24.0 Å². The largest absolute Gasteiger partial charge is 0.344 e. The van der Waals surface area contributed by atoms with Gasteiger partial charge in [0.2, 0.25) is 17.7 Å². The van der Waals surface area contributed by atoms with Gasteiger partial charge in [-0.3, -0.25) is 29.3 Å². The maximum Gasteiger partial charge on any atom is 0.267 e. The summed E-state index contributed by atoms with van der Waals surface area (Å²) in [6.07, 6.45) is 6.87. The molecule has 0 saturated carbocycles. The summed E-state index contributed by atoms with van der Waals surface area (Å²) >= 11 is 0. The van der Waals surface area contributed by atoms with Crippen LogP contribution in [0.15, 0.2) is 47.5 Å². The predicted octanol–water partition coefficient (Wildman–Crippen LogP) is 2.99. The zero-order valence-electron chi connectivity index (χ0n) is 22.7. The van der Waals surface area contributed by atoms with Gasteiger partial charge in [-0.15, -0.1) is 0 Å². The lowest BCUT2D eigenvalue weighted by molar-refractivity contribution is -0.137. The van der Waals surface area contributed by atoms with Crippen molar-refractivity contribution < 1.29 is 24.0 Å². The van der Waals surface area contributed by atoms with E-state index in [0.29, 0.717) is 37.8 Å². The van der Waals surface area contributed by atoms with Gasteiger partial charge >= 0.3 is 0 Å². The van der Waals surface area contributed by atoms with Crippen LogP contribution in [0.5, 0.6) is 0 Å².